The molecule has 0 aromatic heterocycles. The van der Waals surface area contributed by atoms with Gasteiger partial charge in [-0.05, 0) is 69.9 Å². The van der Waals surface area contributed by atoms with Crippen LogP contribution < -0.4 is 14.5 Å². The number of benzene rings is 2. The van der Waals surface area contributed by atoms with Crippen LogP contribution in [0.2, 0.25) is 0 Å². The average Bonchev–Trinajstić information content (AvgIpc) is 3.18. The van der Waals surface area contributed by atoms with Crippen molar-refractivity contribution in [1.29, 1.82) is 0 Å². The first-order chi connectivity index (χ1) is 13.4. The predicted octanol–water partition coefficient (Wildman–Crippen LogP) is 3.89. The van der Waals surface area contributed by atoms with Crippen molar-refractivity contribution in [3.63, 3.8) is 0 Å². The largest absolute Gasteiger partial charge is 0.494 e. The van der Waals surface area contributed by atoms with Crippen molar-refractivity contribution in [2.45, 2.75) is 19.4 Å². The Bertz CT molecular complexity index is 829. The van der Waals surface area contributed by atoms with Gasteiger partial charge in [0.15, 0.2) is 0 Å². The van der Waals surface area contributed by atoms with E-state index in [0.717, 1.165) is 25.3 Å². The van der Waals surface area contributed by atoms with Crippen LogP contribution in [0.3, 0.4) is 0 Å². The molecule has 5 nitrogen and oxygen atoms in total. The van der Waals surface area contributed by atoms with Gasteiger partial charge in [0.1, 0.15) is 11.6 Å². The van der Waals surface area contributed by atoms with Crippen molar-refractivity contribution < 1.29 is 15.3 Å². The van der Waals surface area contributed by atoms with Crippen molar-refractivity contribution in [2.24, 2.45) is 0 Å². The third-order valence-corrected chi connectivity index (χ3v) is 5.27. The molecule has 1 aliphatic rings. The molecule has 28 heavy (non-hydrogen) atoms. The third-order valence-electron chi connectivity index (χ3n) is 5.27. The van der Waals surface area contributed by atoms with E-state index in [1.807, 2.05) is 6.92 Å². The van der Waals surface area contributed by atoms with Gasteiger partial charge in [0.25, 0.3) is 5.91 Å². The van der Waals surface area contributed by atoms with Gasteiger partial charge in [0.2, 0.25) is 0 Å². The zero-order valence-corrected chi connectivity index (χ0v) is 17.0. The molecule has 2 aromatic rings. The number of hydrogen-bond acceptors (Lipinski definition) is 4. The molecule has 1 amide bonds. The number of carbonyl (C=O) groups is 1. The van der Waals surface area contributed by atoms with Gasteiger partial charge in [-0.3, -0.25) is 4.79 Å². The third kappa shape index (κ3) is 4.28. The summed E-state index contributed by atoms with van der Waals surface area (Å²) in [7, 11) is 5.76. The number of anilines is 2. The Balaban J connectivity index is 0.00000300. The number of halogens is 1. The lowest BCUT2D eigenvalue weighted by Crippen LogP contribution is -2.31. The fraction of sp³-hybridized carbons (Fsp3) is 0.409. The molecule has 1 atom stereocenters. The molecule has 0 radical (unpaired) electrons. The molecule has 152 valence electrons. The molecule has 1 aliphatic heterocycles. The highest BCUT2D eigenvalue weighted by Crippen LogP contribution is 2.29. The number of amides is 1. The standard InChI is InChI=1S/C22H28FN3O2.H2/c1-5-28-19-9-6-16(7-10-19)22(27)25(4)17-8-11-21(20(23)14-17)26-13-12-18(15-26)24(2)3;/h6-11,14,18H,5,12-13,15H2,1-4H3;1H. The summed E-state index contributed by atoms with van der Waals surface area (Å²) < 4.78 is 20.2. The number of ether oxygens (including phenoxy) is 1. The molecule has 0 saturated carbocycles. The van der Waals surface area contributed by atoms with E-state index in [0.29, 0.717) is 29.6 Å². The van der Waals surface area contributed by atoms with E-state index in [1.54, 1.807) is 43.4 Å². The molecule has 1 unspecified atom stereocenters. The summed E-state index contributed by atoms with van der Waals surface area (Å²) in [5.74, 6) is 0.228. The van der Waals surface area contributed by atoms with Gasteiger partial charge in [-0.15, -0.1) is 0 Å². The fourth-order valence-corrected chi connectivity index (χ4v) is 3.51. The zero-order chi connectivity index (χ0) is 20.3. The zero-order valence-electron chi connectivity index (χ0n) is 17.0. The van der Waals surface area contributed by atoms with Crippen LogP contribution in [-0.2, 0) is 0 Å². The van der Waals surface area contributed by atoms with E-state index in [1.165, 1.54) is 11.0 Å². The van der Waals surface area contributed by atoms with Crippen LogP contribution in [0.4, 0.5) is 15.8 Å². The predicted molar refractivity (Wildman–Crippen MR) is 113 cm³/mol. The highest BCUT2D eigenvalue weighted by Gasteiger charge is 2.26. The lowest BCUT2D eigenvalue weighted by Gasteiger charge is -2.23. The van der Waals surface area contributed by atoms with Crippen LogP contribution in [0.1, 0.15) is 25.1 Å². The minimum Gasteiger partial charge on any atom is -0.494 e. The topological polar surface area (TPSA) is 36.0 Å². The second kappa shape index (κ2) is 8.61. The van der Waals surface area contributed by atoms with Gasteiger partial charge in [0, 0.05) is 38.9 Å². The monoisotopic (exact) mass is 387 g/mol. The molecule has 1 saturated heterocycles. The molecule has 3 rings (SSSR count). The van der Waals surface area contributed by atoms with Gasteiger partial charge in [0.05, 0.1) is 12.3 Å². The molecule has 1 fully saturated rings. The summed E-state index contributed by atoms with van der Waals surface area (Å²) in [5.41, 5.74) is 1.65. The molecule has 1 heterocycles. The molecule has 0 N–H and O–H groups in total. The number of likely N-dealkylation sites (N-methyl/N-ethyl adjacent to an activating group) is 1. The maximum absolute atomic E-state index is 14.8. The second-order valence-corrected chi connectivity index (χ2v) is 7.31. The number of nitrogens with zero attached hydrogens (tertiary/aromatic N) is 3. The van der Waals surface area contributed by atoms with Crippen LogP contribution in [0.5, 0.6) is 5.75 Å². The van der Waals surface area contributed by atoms with E-state index in [4.69, 9.17) is 4.74 Å². The Morgan fingerprint density at radius 3 is 2.50 bits per heavy atom. The average molecular weight is 387 g/mol. The van der Waals surface area contributed by atoms with Crippen LogP contribution in [0.15, 0.2) is 42.5 Å². The van der Waals surface area contributed by atoms with Crippen LogP contribution in [0, 0.1) is 5.82 Å². The Labute approximate surface area is 167 Å². The van der Waals surface area contributed by atoms with E-state index in [2.05, 4.69) is 23.9 Å². The summed E-state index contributed by atoms with van der Waals surface area (Å²) in [6, 6.07) is 12.4. The summed E-state index contributed by atoms with van der Waals surface area (Å²) in [6.07, 6.45) is 1.02. The molecule has 0 aliphatic carbocycles. The molecule has 0 spiro atoms. The van der Waals surface area contributed by atoms with E-state index in [9.17, 15) is 9.18 Å². The highest BCUT2D eigenvalue weighted by molar-refractivity contribution is 6.05. The molecule has 0 bridgehead atoms. The second-order valence-electron chi connectivity index (χ2n) is 7.31. The lowest BCUT2D eigenvalue weighted by atomic mass is 10.1. The minimum atomic E-state index is -0.303. The van der Waals surface area contributed by atoms with Crippen LogP contribution >= 0.6 is 0 Å². The lowest BCUT2D eigenvalue weighted by molar-refractivity contribution is 0.0993. The van der Waals surface area contributed by atoms with Crippen molar-refractivity contribution in [1.82, 2.24) is 4.90 Å². The Kier molecular flexibility index (Phi) is 6.19. The Hall–Kier alpha value is -2.60. The summed E-state index contributed by atoms with van der Waals surface area (Å²) >= 11 is 0. The Morgan fingerprint density at radius 2 is 1.93 bits per heavy atom. The van der Waals surface area contributed by atoms with Gasteiger partial charge in [-0.2, -0.15) is 0 Å². The van der Waals surface area contributed by atoms with E-state index in [-0.39, 0.29) is 13.2 Å². The maximum Gasteiger partial charge on any atom is 0.258 e. The first kappa shape index (κ1) is 20.1. The van der Waals surface area contributed by atoms with Gasteiger partial charge in [-0.25, -0.2) is 4.39 Å². The minimum absolute atomic E-state index is 0. The van der Waals surface area contributed by atoms with Crippen molar-refractivity contribution in [2.75, 3.05) is 50.6 Å². The van der Waals surface area contributed by atoms with Crippen LogP contribution in [-0.4, -0.2) is 57.7 Å². The quantitative estimate of drug-likeness (QED) is 0.754. The fourth-order valence-electron chi connectivity index (χ4n) is 3.51. The number of carbonyl (C=O) groups excluding carboxylic acids is 1. The van der Waals surface area contributed by atoms with E-state index < -0.39 is 0 Å². The summed E-state index contributed by atoms with van der Waals surface area (Å²) in [6.45, 7) is 4.13. The van der Waals surface area contributed by atoms with E-state index >= 15 is 0 Å². The van der Waals surface area contributed by atoms with Crippen molar-refractivity contribution in [3.05, 3.63) is 53.8 Å². The first-order valence-electron chi connectivity index (χ1n) is 9.62. The summed E-state index contributed by atoms with van der Waals surface area (Å²) in [4.78, 5) is 18.4. The first-order valence-corrected chi connectivity index (χ1v) is 9.62. The maximum atomic E-state index is 14.8. The van der Waals surface area contributed by atoms with Gasteiger partial charge >= 0.3 is 0 Å². The number of hydrogen-bond donors (Lipinski definition) is 0. The van der Waals surface area contributed by atoms with Crippen LogP contribution in [0.25, 0.3) is 0 Å². The van der Waals surface area contributed by atoms with Crippen molar-refractivity contribution >= 4 is 17.3 Å². The Morgan fingerprint density at radius 1 is 1.21 bits per heavy atom. The number of rotatable bonds is 6. The molecule has 6 heteroatoms. The van der Waals surface area contributed by atoms with Gasteiger partial charge < -0.3 is 19.4 Å². The molecule has 2 aromatic carbocycles. The normalized spacial score (nSPS) is 16.5. The molecular formula is C22H30FN3O2. The smallest absolute Gasteiger partial charge is 0.258 e. The molecular weight excluding hydrogens is 357 g/mol. The SMILES string of the molecule is CCOc1ccc(C(=O)N(C)c2ccc(N3CCC(N(C)C)C3)c(F)c2)cc1.[HH]. The van der Waals surface area contributed by atoms with Gasteiger partial charge in [-0.1, -0.05) is 0 Å². The summed E-state index contributed by atoms with van der Waals surface area (Å²) in [5, 5.41) is 0. The van der Waals surface area contributed by atoms with Crippen molar-refractivity contribution in [3.8, 4) is 5.75 Å². The highest BCUT2D eigenvalue weighted by atomic mass is 19.1.